The van der Waals surface area contributed by atoms with Gasteiger partial charge >= 0.3 is 8.02 Å². The van der Waals surface area contributed by atoms with Crippen molar-refractivity contribution in [1.82, 2.24) is 9.34 Å². The maximum absolute atomic E-state index is 7.13. The average molecular weight is 482 g/mol. The molecule has 4 aromatic carbocycles. The summed E-state index contributed by atoms with van der Waals surface area (Å²) in [4.78, 5) is 0. The second-order valence-corrected chi connectivity index (χ2v) is 11.9. The fourth-order valence-electron chi connectivity index (χ4n) is 5.52. The summed E-state index contributed by atoms with van der Waals surface area (Å²) in [6, 6.07) is 42.5. The van der Waals surface area contributed by atoms with Crippen molar-refractivity contribution >= 4 is 8.02 Å². The third kappa shape index (κ3) is 3.83. The number of hydrogen-bond acceptors (Lipinski definition) is 4. The van der Waals surface area contributed by atoms with Crippen LogP contribution >= 0.6 is 8.02 Å². The molecular weight excluding hydrogens is 451 g/mol. The molecule has 1 spiro atoms. The second kappa shape index (κ2) is 9.31. The quantitative estimate of drug-likeness (QED) is 0.281. The van der Waals surface area contributed by atoms with Gasteiger partial charge in [0.1, 0.15) is 12.1 Å². The van der Waals surface area contributed by atoms with E-state index >= 15 is 0 Å². The van der Waals surface area contributed by atoms with Crippen LogP contribution in [0.1, 0.15) is 46.5 Å². The Morgan fingerprint density at radius 2 is 0.743 bits per heavy atom. The molecule has 2 saturated heterocycles. The molecule has 176 valence electrons. The van der Waals surface area contributed by atoms with Gasteiger partial charge in [0.05, 0.1) is 0 Å². The van der Waals surface area contributed by atoms with Crippen LogP contribution in [-0.2, 0) is 9.05 Å². The molecule has 4 aromatic rings. The smallest absolute Gasteiger partial charge is 0.162 e. The molecule has 2 aliphatic heterocycles. The minimum atomic E-state index is -2.60. The Labute approximate surface area is 208 Å². The number of rotatable bonds is 4. The van der Waals surface area contributed by atoms with Gasteiger partial charge in [0.25, 0.3) is 0 Å². The topological polar surface area (TPSA) is 24.9 Å². The van der Waals surface area contributed by atoms with Crippen LogP contribution in [0.5, 0.6) is 0 Å². The number of hydrogen-bond donors (Lipinski definition) is 0. The van der Waals surface area contributed by atoms with Crippen LogP contribution in [0.15, 0.2) is 121 Å². The van der Waals surface area contributed by atoms with Crippen molar-refractivity contribution in [3.8, 4) is 0 Å². The number of likely N-dealkylation sites (N-methyl/N-ethyl adjacent to an activating group) is 2. The highest BCUT2D eigenvalue weighted by atomic mass is 31.2. The summed E-state index contributed by atoms with van der Waals surface area (Å²) >= 11 is 0. The van der Waals surface area contributed by atoms with Crippen molar-refractivity contribution in [3.05, 3.63) is 144 Å². The Kier molecular flexibility index (Phi) is 6.01. The molecule has 6 rings (SSSR count). The van der Waals surface area contributed by atoms with Crippen LogP contribution in [0.3, 0.4) is 0 Å². The molecule has 2 heterocycles. The second-order valence-electron chi connectivity index (χ2n) is 9.22. The van der Waals surface area contributed by atoms with Crippen molar-refractivity contribution in [2.24, 2.45) is 0 Å². The molecule has 0 aliphatic carbocycles. The summed E-state index contributed by atoms with van der Waals surface area (Å²) in [7, 11) is 1.73. The Morgan fingerprint density at radius 1 is 0.457 bits per heavy atom. The van der Waals surface area contributed by atoms with Gasteiger partial charge in [-0.25, -0.2) is 0 Å². The minimum absolute atomic E-state index is 0.0420. The Bertz CT molecular complexity index is 1160. The highest BCUT2D eigenvalue weighted by Crippen LogP contribution is 2.83. The normalized spacial score (nSPS) is 29.1. The van der Waals surface area contributed by atoms with Gasteiger partial charge in [0.15, 0.2) is 12.2 Å². The first-order valence-corrected chi connectivity index (χ1v) is 13.6. The van der Waals surface area contributed by atoms with Crippen molar-refractivity contribution in [3.63, 3.8) is 0 Å². The van der Waals surface area contributed by atoms with E-state index in [0.717, 1.165) is 0 Å². The molecule has 0 radical (unpaired) electrons. The Balaban J connectivity index is 1.48. The summed E-state index contributed by atoms with van der Waals surface area (Å²) in [5.74, 6) is 0. The van der Waals surface area contributed by atoms with Crippen LogP contribution in [0, 0.1) is 0 Å². The Hall–Kier alpha value is -2.85. The summed E-state index contributed by atoms with van der Waals surface area (Å²) < 4.78 is 19.0. The Morgan fingerprint density at radius 3 is 1.06 bits per heavy atom. The maximum Gasteiger partial charge on any atom is 0.438 e. The van der Waals surface area contributed by atoms with Gasteiger partial charge in [-0.15, -0.1) is 9.34 Å². The lowest BCUT2D eigenvalue weighted by molar-refractivity contribution is 0.162. The van der Waals surface area contributed by atoms with Gasteiger partial charge in [0.2, 0.25) is 0 Å². The van der Waals surface area contributed by atoms with Crippen LogP contribution in [0.25, 0.3) is 0 Å². The highest BCUT2D eigenvalue weighted by molar-refractivity contribution is 7.62. The first-order valence-electron chi connectivity index (χ1n) is 12.1. The zero-order valence-corrected chi connectivity index (χ0v) is 20.9. The maximum atomic E-state index is 7.13. The molecule has 5 heteroatoms. The molecule has 35 heavy (non-hydrogen) atoms. The lowest BCUT2D eigenvalue weighted by atomic mass is 9.96. The third-order valence-corrected chi connectivity index (χ3v) is 10.3. The van der Waals surface area contributed by atoms with Gasteiger partial charge in [0, 0.05) is 14.1 Å². The fourth-order valence-corrected chi connectivity index (χ4v) is 8.81. The molecule has 0 N–H and O–H groups in total. The molecule has 2 fully saturated rings. The highest BCUT2D eigenvalue weighted by Gasteiger charge is 2.73. The van der Waals surface area contributed by atoms with E-state index in [9.17, 15) is 0 Å². The molecular formula is C30H30N2O2P+. The fraction of sp³-hybridized carbons (Fsp3) is 0.200. The molecule has 4 unspecified atom stereocenters. The van der Waals surface area contributed by atoms with E-state index in [2.05, 4.69) is 145 Å². The zero-order chi connectivity index (χ0) is 23.8. The molecule has 0 aromatic heterocycles. The van der Waals surface area contributed by atoms with Crippen LogP contribution in [0.4, 0.5) is 0 Å². The summed E-state index contributed by atoms with van der Waals surface area (Å²) in [5, 5.41) is 0. The van der Waals surface area contributed by atoms with Gasteiger partial charge in [-0.2, -0.15) is 9.05 Å². The molecule has 0 saturated carbocycles. The largest absolute Gasteiger partial charge is 0.438 e. The van der Waals surface area contributed by atoms with Crippen molar-refractivity contribution < 1.29 is 9.05 Å². The van der Waals surface area contributed by atoms with Gasteiger partial charge in [-0.3, -0.25) is 0 Å². The molecule has 4 nitrogen and oxygen atoms in total. The van der Waals surface area contributed by atoms with Crippen molar-refractivity contribution in [1.29, 1.82) is 0 Å². The van der Waals surface area contributed by atoms with E-state index < -0.39 is 8.02 Å². The van der Waals surface area contributed by atoms with E-state index in [0.29, 0.717) is 0 Å². The predicted molar refractivity (Wildman–Crippen MR) is 141 cm³/mol. The molecule has 2 aliphatic rings. The predicted octanol–water partition coefficient (Wildman–Crippen LogP) is 7.55. The average Bonchev–Trinajstić information content (AvgIpc) is 3.39. The van der Waals surface area contributed by atoms with E-state index in [4.69, 9.17) is 9.05 Å². The van der Waals surface area contributed by atoms with Crippen LogP contribution in [-0.4, -0.2) is 23.4 Å². The van der Waals surface area contributed by atoms with Crippen LogP contribution in [0.2, 0.25) is 0 Å². The van der Waals surface area contributed by atoms with Crippen molar-refractivity contribution in [2.75, 3.05) is 14.1 Å². The lowest BCUT2D eigenvalue weighted by Crippen LogP contribution is -2.27. The van der Waals surface area contributed by atoms with Gasteiger partial charge < -0.3 is 0 Å². The van der Waals surface area contributed by atoms with E-state index in [1.165, 1.54) is 22.3 Å². The number of benzene rings is 4. The first-order chi connectivity index (χ1) is 17.2. The van der Waals surface area contributed by atoms with Gasteiger partial charge in [-0.1, -0.05) is 121 Å². The van der Waals surface area contributed by atoms with Crippen LogP contribution < -0.4 is 0 Å². The number of nitrogens with zero attached hydrogens (tertiary/aromatic N) is 2. The van der Waals surface area contributed by atoms with E-state index in [1.54, 1.807) is 0 Å². The third-order valence-electron chi connectivity index (χ3n) is 7.22. The monoisotopic (exact) mass is 481 g/mol. The van der Waals surface area contributed by atoms with Crippen molar-refractivity contribution in [2.45, 2.75) is 24.3 Å². The summed E-state index contributed by atoms with van der Waals surface area (Å²) in [5.41, 5.74) is 4.80. The zero-order valence-electron chi connectivity index (χ0n) is 20.0. The molecule has 0 amide bonds. The standard InChI is InChI=1S/C30H30N2O2P/c1-31-27(23-15-7-3-8-16-23)29(25-19-11-5-12-20-25)33-35(31)32(2)28(24-17-9-4-10-18-24)30(34-35)26-21-13-6-14-22-26/h3-22,27-30H,1-2H3/q+1. The first kappa shape index (κ1) is 22.6. The SMILES string of the molecule is CN1C(c2ccccc2)C(c2ccccc2)O[P+]12OC(c1ccccc1)C(c1ccccc1)N2C. The van der Waals surface area contributed by atoms with E-state index in [1.807, 2.05) is 0 Å². The molecule has 0 bridgehead atoms. The van der Waals surface area contributed by atoms with E-state index in [-0.39, 0.29) is 24.3 Å². The molecule has 4 atom stereocenters. The lowest BCUT2D eigenvalue weighted by Gasteiger charge is -2.27. The minimum Gasteiger partial charge on any atom is -0.162 e. The van der Waals surface area contributed by atoms with Gasteiger partial charge in [-0.05, 0) is 22.3 Å². The summed E-state index contributed by atoms with van der Waals surface area (Å²) in [6.07, 6.45) is -0.268. The summed E-state index contributed by atoms with van der Waals surface area (Å²) in [6.45, 7) is 0.